The van der Waals surface area contributed by atoms with Crippen molar-refractivity contribution in [2.75, 3.05) is 6.61 Å². The number of aliphatic hydroxyl groups is 1. The van der Waals surface area contributed by atoms with Gasteiger partial charge in [-0.3, -0.25) is 14.4 Å². The summed E-state index contributed by atoms with van der Waals surface area (Å²) < 4.78 is 10.7. The fraction of sp³-hybridized carbons (Fsp3) is 0.800. The van der Waals surface area contributed by atoms with Gasteiger partial charge in [-0.25, -0.2) is 0 Å². The third kappa shape index (κ3) is 3.46. The topological polar surface area (TPSA) is 89.9 Å². The molecular formula is C25H36O6. The van der Waals surface area contributed by atoms with Crippen LogP contribution in [0.5, 0.6) is 0 Å². The normalized spacial score (nSPS) is 42.5. The molecule has 4 aliphatic rings. The summed E-state index contributed by atoms with van der Waals surface area (Å²) in [6.45, 7) is 7.02. The number of carbonyl (C=O) groups is 3. The summed E-state index contributed by atoms with van der Waals surface area (Å²) in [6.07, 6.45) is 7.84. The molecule has 3 fully saturated rings. The average Bonchev–Trinajstić information content (AvgIpc) is 2.97. The molecule has 172 valence electrons. The zero-order valence-corrected chi connectivity index (χ0v) is 19.2. The van der Waals surface area contributed by atoms with Crippen molar-refractivity contribution in [2.45, 2.75) is 90.8 Å². The van der Waals surface area contributed by atoms with E-state index in [1.807, 2.05) is 6.08 Å². The Kier molecular flexibility index (Phi) is 5.60. The maximum absolute atomic E-state index is 12.0. The smallest absolute Gasteiger partial charge is 0.303 e. The zero-order chi connectivity index (χ0) is 22.6. The first-order valence-corrected chi connectivity index (χ1v) is 11.8. The molecule has 1 N–H and O–H groups in total. The molecule has 6 nitrogen and oxygen atoms in total. The minimum absolute atomic E-state index is 0.0753. The molecule has 0 aromatic heterocycles. The molecule has 3 saturated carbocycles. The number of hydrogen-bond donors (Lipinski definition) is 1. The van der Waals surface area contributed by atoms with Crippen molar-refractivity contribution in [1.82, 2.24) is 0 Å². The summed E-state index contributed by atoms with van der Waals surface area (Å²) in [7, 11) is 0. The van der Waals surface area contributed by atoms with Gasteiger partial charge in [-0.15, -0.1) is 0 Å². The van der Waals surface area contributed by atoms with Gasteiger partial charge in [0.2, 0.25) is 0 Å². The quantitative estimate of drug-likeness (QED) is 0.681. The maximum Gasteiger partial charge on any atom is 0.303 e. The van der Waals surface area contributed by atoms with Crippen LogP contribution in [-0.2, 0) is 23.9 Å². The first kappa shape index (κ1) is 22.5. The summed E-state index contributed by atoms with van der Waals surface area (Å²) in [5.74, 6) is 0.657. The lowest BCUT2D eigenvalue weighted by Crippen LogP contribution is -2.60. The van der Waals surface area contributed by atoms with Gasteiger partial charge >= 0.3 is 11.9 Å². The number of ketones is 1. The number of rotatable bonds is 4. The van der Waals surface area contributed by atoms with E-state index in [4.69, 9.17) is 9.47 Å². The second-order valence-electron chi connectivity index (χ2n) is 10.8. The monoisotopic (exact) mass is 432 g/mol. The predicted molar refractivity (Wildman–Crippen MR) is 114 cm³/mol. The minimum Gasteiger partial charge on any atom is -0.462 e. The average molecular weight is 433 g/mol. The number of carbonyl (C=O) groups excluding carboxylic acids is 3. The van der Waals surface area contributed by atoms with Crippen molar-refractivity contribution in [3.05, 3.63) is 11.6 Å². The van der Waals surface area contributed by atoms with Gasteiger partial charge in [-0.05, 0) is 74.2 Å². The van der Waals surface area contributed by atoms with E-state index in [-0.39, 0.29) is 17.8 Å². The fourth-order valence-electron chi connectivity index (χ4n) is 7.80. The van der Waals surface area contributed by atoms with Gasteiger partial charge in [-0.1, -0.05) is 19.4 Å². The lowest BCUT2D eigenvalue weighted by Gasteiger charge is -2.59. The van der Waals surface area contributed by atoms with Crippen LogP contribution in [0.4, 0.5) is 0 Å². The highest BCUT2D eigenvalue weighted by Crippen LogP contribution is 2.68. The Morgan fingerprint density at radius 2 is 1.77 bits per heavy atom. The second-order valence-corrected chi connectivity index (χ2v) is 10.8. The van der Waals surface area contributed by atoms with E-state index >= 15 is 0 Å². The van der Waals surface area contributed by atoms with Gasteiger partial charge in [-0.2, -0.15) is 0 Å². The molecule has 0 amide bonds. The van der Waals surface area contributed by atoms with Gasteiger partial charge in [0.05, 0.1) is 0 Å². The Morgan fingerprint density at radius 1 is 1.06 bits per heavy atom. The van der Waals surface area contributed by atoms with E-state index in [2.05, 4.69) is 13.8 Å². The summed E-state index contributed by atoms with van der Waals surface area (Å²) in [5.41, 5.74) is -0.222. The predicted octanol–water partition coefficient (Wildman–Crippen LogP) is 3.74. The van der Waals surface area contributed by atoms with Crippen LogP contribution in [0.25, 0.3) is 0 Å². The van der Waals surface area contributed by atoms with Crippen molar-refractivity contribution in [1.29, 1.82) is 0 Å². The van der Waals surface area contributed by atoms with E-state index in [9.17, 15) is 19.5 Å². The first-order valence-electron chi connectivity index (χ1n) is 11.8. The maximum atomic E-state index is 12.0. The number of fused-ring (bicyclic) bond motifs is 5. The van der Waals surface area contributed by atoms with E-state index in [1.165, 1.54) is 19.4 Å². The van der Waals surface area contributed by atoms with E-state index in [0.717, 1.165) is 38.5 Å². The molecule has 0 aromatic carbocycles. The number of allylic oxidation sites excluding steroid dienone is 1. The Labute approximate surface area is 184 Å². The SMILES string of the molecule is CC(=O)OC[C@@H](OC(C)=O)[C@]1(O)CC[C@@H]2[C@H]3CCC4=CC(=O)CC[C@]4(C)[C@@H]3CC[C@@]21C. The molecule has 0 unspecified atom stereocenters. The number of esters is 2. The fourth-order valence-corrected chi connectivity index (χ4v) is 7.80. The summed E-state index contributed by atoms with van der Waals surface area (Å²) >= 11 is 0. The molecule has 0 radical (unpaired) electrons. The van der Waals surface area contributed by atoms with Crippen LogP contribution in [-0.4, -0.2) is 41.1 Å². The number of hydrogen-bond acceptors (Lipinski definition) is 6. The summed E-state index contributed by atoms with van der Waals surface area (Å²) in [4.78, 5) is 35.3. The Morgan fingerprint density at radius 3 is 2.45 bits per heavy atom. The molecule has 0 spiro atoms. The van der Waals surface area contributed by atoms with Crippen LogP contribution in [0.2, 0.25) is 0 Å². The Balaban J connectivity index is 1.63. The van der Waals surface area contributed by atoms with Crippen LogP contribution >= 0.6 is 0 Å². The largest absolute Gasteiger partial charge is 0.462 e. The molecule has 4 aliphatic carbocycles. The Bertz CT molecular complexity index is 817. The van der Waals surface area contributed by atoms with Crippen LogP contribution < -0.4 is 0 Å². The summed E-state index contributed by atoms with van der Waals surface area (Å²) in [5, 5.41) is 12.0. The third-order valence-electron chi connectivity index (χ3n) is 9.46. The Hall–Kier alpha value is -1.69. The van der Waals surface area contributed by atoms with Crippen LogP contribution in [0.1, 0.15) is 79.1 Å². The molecule has 7 atom stereocenters. The van der Waals surface area contributed by atoms with Gasteiger partial charge in [0.15, 0.2) is 11.9 Å². The minimum atomic E-state index is -1.22. The molecule has 6 heteroatoms. The standard InChI is InChI=1S/C25H36O6/c1-15(26)30-14-22(31-16(2)27)25(29)12-9-21-19-6-5-17-13-18(28)7-10-23(17,3)20(19)8-11-24(21,25)4/h13,19-22,29H,5-12,14H2,1-4H3/t19-,20+,21+,22+,23-,24-,25+/m0/s1. The zero-order valence-electron chi connectivity index (χ0n) is 19.2. The third-order valence-corrected chi connectivity index (χ3v) is 9.46. The van der Waals surface area contributed by atoms with Gasteiger partial charge < -0.3 is 14.6 Å². The van der Waals surface area contributed by atoms with Crippen LogP contribution in [0.3, 0.4) is 0 Å². The van der Waals surface area contributed by atoms with E-state index in [0.29, 0.717) is 30.6 Å². The lowest BCUT2D eigenvalue weighted by atomic mass is 9.46. The summed E-state index contributed by atoms with van der Waals surface area (Å²) in [6, 6.07) is 0. The molecule has 0 heterocycles. The van der Waals surface area contributed by atoms with Gasteiger partial charge in [0, 0.05) is 25.7 Å². The number of ether oxygens (including phenoxy) is 2. The van der Waals surface area contributed by atoms with E-state index in [1.54, 1.807) is 0 Å². The van der Waals surface area contributed by atoms with Crippen molar-refractivity contribution < 1.29 is 29.0 Å². The molecule has 4 rings (SSSR count). The van der Waals surface area contributed by atoms with Crippen LogP contribution in [0.15, 0.2) is 11.6 Å². The van der Waals surface area contributed by atoms with E-state index < -0.39 is 29.1 Å². The van der Waals surface area contributed by atoms with Crippen molar-refractivity contribution in [3.8, 4) is 0 Å². The highest BCUT2D eigenvalue weighted by Gasteiger charge is 2.66. The van der Waals surface area contributed by atoms with Crippen molar-refractivity contribution in [2.24, 2.45) is 28.6 Å². The molecule has 0 saturated heterocycles. The van der Waals surface area contributed by atoms with Gasteiger partial charge in [0.25, 0.3) is 0 Å². The highest BCUT2D eigenvalue weighted by atomic mass is 16.6. The highest BCUT2D eigenvalue weighted by molar-refractivity contribution is 5.91. The van der Waals surface area contributed by atoms with Crippen molar-refractivity contribution >= 4 is 17.7 Å². The molecule has 0 aromatic rings. The molecular weight excluding hydrogens is 396 g/mol. The molecule has 31 heavy (non-hydrogen) atoms. The second kappa shape index (κ2) is 7.72. The first-order chi connectivity index (χ1) is 14.5. The lowest BCUT2D eigenvalue weighted by molar-refractivity contribution is -0.207. The van der Waals surface area contributed by atoms with Gasteiger partial charge in [0.1, 0.15) is 12.2 Å². The van der Waals surface area contributed by atoms with Crippen LogP contribution in [0, 0.1) is 28.6 Å². The van der Waals surface area contributed by atoms with Crippen molar-refractivity contribution in [3.63, 3.8) is 0 Å². The molecule has 0 aliphatic heterocycles. The molecule has 0 bridgehead atoms.